The van der Waals surface area contributed by atoms with Gasteiger partial charge in [-0.1, -0.05) is 30.3 Å². The first kappa shape index (κ1) is 12.9. The molecule has 0 saturated heterocycles. The summed E-state index contributed by atoms with van der Waals surface area (Å²) in [6.45, 7) is 1.84. The van der Waals surface area contributed by atoms with Gasteiger partial charge in [0.1, 0.15) is 6.61 Å². The van der Waals surface area contributed by atoms with Gasteiger partial charge in [-0.05, 0) is 25.5 Å². The molecule has 0 heterocycles. The SMILES string of the molecule is CN(CCNC(=O)OCc1ccccc1)C1CC1. The van der Waals surface area contributed by atoms with Crippen LogP contribution in [-0.4, -0.2) is 37.2 Å². The van der Waals surface area contributed by atoms with Crippen molar-refractivity contribution in [2.45, 2.75) is 25.5 Å². The number of amides is 1. The summed E-state index contributed by atoms with van der Waals surface area (Å²) in [4.78, 5) is 13.7. The lowest BCUT2D eigenvalue weighted by molar-refractivity contribution is 0.138. The fraction of sp³-hybridized carbons (Fsp3) is 0.500. The molecule has 1 aromatic rings. The van der Waals surface area contributed by atoms with Gasteiger partial charge in [-0.25, -0.2) is 4.79 Å². The molecule has 4 nitrogen and oxygen atoms in total. The largest absolute Gasteiger partial charge is 0.445 e. The minimum absolute atomic E-state index is 0.325. The normalized spacial score (nSPS) is 14.6. The lowest BCUT2D eigenvalue weighted by Crippen LogP contribution is -2.34. The number of benzene rings is 1. The summed E-state index contributed by atoms with van der Waals surface area (Å²) in [7, 11) is 2.09. The Morgan fingerprint density at radius 2 is 2.11 bits per heavy atom. The van der Waals surface area contributed by atoms with E-state index in [1.165, 1.54) is 12.8 Å². The summed E-state index contributed by atoms with van der Waals surface area (Å²) < 4.78 is 5.12. The highest BCUT2D eigenvalue weighted by Crippen LogP contribution is 2.24. The quantitative estimate of drug-likeness (QED) is 0.837. The third-order valence-corrected chi connectivity index (χ3v) is 3.12. The number of nitrogens with one attached hydrogen (secondary N) is 1. The van der Waals surface area contributed by atoms with E-state index < -0.39 is 0 Å². The zero-order valence-electron chi connectivity index (χ0n) is 10.8. The molecule has 0 spiro atoms. The molecule has 0 bridgehead atoms. The maximum absolute atomic E-state index is 11.4. The number of hydrogen-bond donors (Lipinski definition) is 1. The third kappa shape index (κ3) is 4.37. The van der Waals surface area contributed by atoms with Gasteiger partial charge >= 0.3 is 6.09 Å². The Bertz CT molecular complexity index is 377. The Labute approximate surface area is 108 Å². The molecule has 0 unspecified atom stereocenters. The monoisotopic (exact) mass is 248 g/mol. The van der Waals surface area contributed by atoms with Crippen LogP contribution in [0.25, 0.3) is 0 Å². The van der Waals surface area contributed by atoms with Crippen LogP contribution in [0.5, 0.6) is 0 Å². The summed E-state index contributed by atoms with van der Waals surface area (Å²) in [5.41, 5.74) is 1.00. The van der Waals surface area contributed by atoms with E-state index in [4.69, 9.17) is 4.74 Å². The molecule has 1 fully saturated rings. The van der Waals surface area contributed by atoms with Crippen molar-refractivity contribution >= 4 is 6.09 Å². The Morgan fingerprint density at radius 3 is 2.78 bits per heavy atom. The van der Waals surface area contributed by atoms with Crippen LogP contribution in [0, 0.1) is 0 Å². The molecular formula is C14H20N2O2. The second kappa shape index (κ2) is 6.40. The highest BCUT2D eigenvalue weighted by Gasteiger charge is 2.25. The minimum Gasteiger partial charge on any atom is -0.445 e. The molecule has 1 amide bonds. The van der Waals surface area contributed by atoms with Crippen molar-refractivity contribution in [1.82, 2.24) is 10.2 Å². The average molecular weight is 248 g/mol. The zero-order valence-corrected chi connectivity index (χ0v) is 10.8. The van der Waals surface area contributed by atoms with E-state index in [-0.39, 0.29) is 6.09 Å². The first-order valence-electron chi connectivity index (χ1n) is 6.40. The smallest absolute Gasteiger partial charge is 0.407 e. The highest BCUT2D eigenvalue weighted by atomic mass is 16.5. The van der Waals surface area contributed by atoms with E-state index in [0.29, 0.717) is 13.2 Å². The van der Waals surface area contributed by atoms with Crippen molar-refractivity contribution in [1.29, 1.82) is 0 Å². The Hall–Kier alpha value is -1.55. The summed E-state index contributed by atoms with van der Waals surface area (Å²) >= 11 is 0. The summed E-state index contributed by atoms with van der Waals surface area (Å²) in [5, 5.41) is 2.76. The molecule has 1 saturated carbocycles. The molecule has 0 radical (unpaired) electrons. The predicted octanol–water partition coefficient (Wildman–Crippen LogP) is 2.01. The van der Waals surface area contributed by atoms with E-state index in [2.05, 4.69) is 17.3 Å². The van der Waals surface area contributed by atoms with Crippen LogP contribution in [0.3, 0.4) is 0 Å². The van der Waals surface area contributed by atoms with Crippen molar-refractivity contribution < 1.29 is 9.53 Å². The number of hydrogen-bond acceptors (Lipinski definition) is 3. The van der Waals surface area contributed by atoms with Gasteiger partial charge in [-0.15, -0.1) is 0 Å². The van der Waals surface area contributed by atoms with Gasteiger partial charge in [-0.3, -0.25) is 0 Å². The van der Waals surface area contributed by atoms with Crippen molar-refractivity contribution in [2.75, 3.05) is 20.1 Å². The van der Waals surface area contributed by atoms with Crippen LogP contribution < -0.4 is 5.32 Å². The Balaban J connectivity index is 1.57. The molecule has 1 aromatic carbocycles. The van der Waals surface area contributed by atoms with Gasteiger partial charge in [0.25, 0.3) is 0 Å². The van der Waals surface area contributed by atoms with Gasteiger partial charge < -0.3 is 15.0 Å². The second-order valence-electron chi connectivity index (χ2n) is 4.70. The number of alkyl carbamates (subject to hydrolysis) is 1. The van der Waals surface area contributed by atoms with E-state index in [0.717, 1.165) is 18.2 Å². The van der Waals surface area contributed by atoms with Crippen molar-refractivity contribution in [2.24, 2.45) is 0 Å². The van der Waals surface area contributed by atoms with E-state index >= 15 is 0 Å². The summed E-state index contributed by atoms with van der Waals surface area (Å²) in [6.07, 6.45) is 2.23. The van der Waals surface area contributed by atoms with Gasteiger partial charge in [0, 0.05) is 19.1 Å². The molecular weight excluding hydrogens is 228 g/mol. The fourth-order valence-electron chi connectivity index (χ4n) is 1.81. The van der Waals surface area contributed by atoms with Gasteiger partial charge in [0.05, 0.1) is 0 Å². The first-order valence-corrected chi connectivity index (χ1v) is 6.40. The van der Waals surface area contributed by atoms with Gasteiger partial charge in [0.2, 0.25) is 0 Å². The van der Waals surface area contributed by atoms with Gasteiger partial charge in [-0.2, -0.15) is 0 Å². The fourth-order valence-corrected chi connectivity index (χ4v) is 1.81. The number of ether oxygens (including phenoxy) is 1. The molecule has 18 heavy (non-hydrogen) atoms. The third-order valence-electron chi connectivity index (χ3n) is 3.12. The standard InChI is InChI=1S/C14H20N2O2/c1-16(13-7-8-13)10-9-15-14(17)18-11-12-5-3-2-4-6-12/h2-6,13H,7-11H2,1H3,(H,15,17). The highest BCUT2D eigenvalue weighted by molar-refractivity contribution is 5.67. The molecule has 1 aliphatic rings. The molecule has 98 valence electrons. The van der Waals surface area contributed by atoms with Crippen LogP contribution in [-0.2, 0) is 11.3 Å². The van der Waals surface area contributed by atoms with Crippen LogP contribution in [0.1, 0.15) is 18.4 Å². The maximum Gasteiger partial charge on any atom is 0.407 e. The molecule has 1 aliphatic carbocycles. The lowest BCUT2D eigenvalue weighted by atomic mass is 10.2. The summed E-state index contributed by atoms with van der Waals surface area (Å²) in [6, 6.07) is 10.4. The second-order valence-corrected chi connectivity index (χ2v) is 4.70. The van der Waals surface area contributed by atoms with Crippen LogP contribution >= 0.6 is 0 Å². The van der Waals surface area contributed by atoms with Crippen LogP contribution in [0.2, 0.25) is 0 Å². The number of rotatable bonds is 6. The number of nitrogens with zero attached hydrogens (tertiary/aromatic N) is 1. The van der Waals surface area contributed by atoms with E-state index in [1.54, 1.807) is 0 Å². The molecule has 0 aliphatic heterocycles. The van der Waals surface area contributed by atoms with Crippen molar-refractivity contribution in [3.63, 3.8) is 0 Å². The molecule has 0 aromatic heterocycles. The average Bonchev–Trinajstić information content (AvgIpc) is 3.22. The molecule has 0 atom stereocenters. The van der Waals surface area contributed by atoms with Crippen molar-refractivity contribution in [3.8, 4) is 0 Å². The number of likely N-dealkylation sites (N-methyl/N-ethyl adjacent to an activating group) is 1. The minimum atomic E-state index is -0.344. The molecule has 2 rings (SSSR count). The Kier molecular flexibility index (Phi) is 4.59. The first-order chi connectivity index (χ1) is 8.75. The number of carbonyl (C=O) groups is 1. The topological polar surface area (TPSA) is 41.6 Å². The number of carbonyl (C=O) groups excluding carboxylic acids is 1. The van der Waals surface area contributed by atoms with Gasteiger partial charge in [0.15, 0.2) is 0 Å². The molecule has 4 heteroatoms. The van der Waals surface area contributed by atoms with E-state index in [9.17, 15) is 4.79 Å². The van der Waals surface area contributed by atoms with Crippen LogP contribution in [0.4, 0.5) is 4.79 Å². The lowest BCUT2D eigenvalue weighted by Gasteiger charge is -2.15. The van der Waals surface area contributed by atoms with E-state index in [1.807, 2.05) is 30.3 Å². The summed E-state index contributed by atoms with van der Waals surface area (Å²) in [5.74, 6) is 0. The zero-order chi connectivity index (χ0) is 12.8. The maximum atomic E-state index is 11.4. The predicted molar refractivity (Wildman–Crippen MR) is 70.3 cm³/mol. The Morgan fingerprint density at radius 1 is 1.39 bits per heavy atom. The molecule has 1 N–H and O–H groups in total. The van der Waals surface area contributed by atoms with Crippen LogP contribution in [0.15, 0.2) is 30.3 Å². The van der Waals surface area contributed by atoms with Crippen molar-refractivity contribution in [3.05, 3.63) is 35.9 Å².